The van der Waals surface area contributed by atoms with Gasteiger partial charge in [-0.3, -0.25) is 4.79 Å². The van der Waals surface area contributed by atoms with Crippen LogP contribution in [-0.2, 0) is 21.4 Å². The van der Waals surface area contributed by atoms with E-state index in [-0.39, 0.29) is 17.3 Å². The molecule has 4 rings (SSSR count). The van der Waals surface area contributed by atoms with Crippen LogP contribution in [0.5, 0.6) is 0 Å². The Hall–Kier alpha value is -3.03. The van der Waals surface area contributed by atoms with Gasteiger partial charge < -0.3 is 5.32 Å². The zero-order valence-electron chi connectivity index (χ0n) is 16.3. The Balaban J connectivity index is 1.99. The summed E-state index contributed by atoms with van der Waals surface area (Å²) in [6, 6.07) is 25.5. The molecule has 0 radical (unpaired) electrons. The average molecular weight is 437 g/mol. The first-order valence-electron chi connectivity index (χ1n) is 9.39. The summed E-state index contributed by atoms with van der Waals surface area (Å²) in [5, 5.41) is 3.60. The van der Waals surface area contributed by atoms with E-state index in [9.17, 15) is 13.2 Å². The lowest BCUT2D eigenvalue weighted by atomic mass is 10.2. The molecular weight excluding hydrogens is 416 g/mol. The molecule has 1 heterocycles. The number of rotatable bonds is 6. The smallest absolute Gasteiger partial charge is 0.268 e. The first-order chi connectivity index (χ1) is 14.5. The third kappa shape index (κ3) is 3.86. The van der Waals surface area contributed by atoms with Crippen molar-refractivity contribution in [2.24, 2.45) is 0 Å². The number of amides is 1. The quantitative estimate of drug-likeness (QED) is 0.477. The van der Waals surface area contributed by atoms with E-state index in [1.54, 1.807) is 36.4 Å². The highest BCUT2D eigenvalue weighted by molar-refractivity contribution is 7.99. The van der Waals surface area contributed by atoms with E-state index in [2.05, 4.69) is 5.32 Å². The van der Waals surface area contributed by atoms with Gasteiger partial charge in [0.1, 0.15) is 0 Å². The second kappa shape index (κ2) is 8.38. The molecule has 0 atom stereocenters. The lowest BCUT2D eigenvalue weighted by Gasteiger charge is -2.13. The highest BCUT2D eigenvalue weighted by atomic mass is 32.2. The molecule has 1 N–H and O–H groups in total. The maximum Gasteiger partial charge on any atom is 0.268 e. The van der Waals surface area contributed by atoms with Crippen molar-refractivity contribution < 1.29 is 13.2 Å². The Labute approximate surface area is 179 Å². The lowest BCUT2D eigenvalue weighted by Crippen LogP contribution is -2.24. The van der Waals surface area contributed by atoms with Crippen LogP contribution >= 0.6 is 11.8 Å². The maximum atomic E-state index is 13.6. The monoisotopic (exact) mass is 436 g/mol. The molecule has 152 valence electrons. The SMILES string of the molecule is CC(=O)NCc1c(Sc2ccccc2)c2ccccc2n1S(=O)(=O)c1ccccc1. The van der Waals surface area contributed by atoms with Gasteiger partial charge in [0.05, 0.1) is 22.7 Å². The van der Waals surface area contributed by atoms with E-state index in [1.807, 2.05) is 48.5 Å². The van der Waals surface area contributed by atoms with E-state index in [4.69, 9.17) is 0 Å². The van der Waals surface area contributed by atoms with Crippen LogP contribution in [0.1, 0.15) is 12.6 Å². The topological polar surface area (TPSA) is 68.2 Å². The molecule has 3 aromatic carbocycles. The van der Waals surface area contributed by atoms with Crippen molar-refractivity contribution in [1.82, 2.24) is 9.29 Å². The van der Waals surface area contributed by atoms with Crippen molar-refractivity contribution in [2.75, 3.05) is 0 Å². The zero-order chi connectivity index (χ0) is 21.1. The zero-order valence-corrected chi connectivity index (χ0v) is 17.9. The molecule has 5 nitrogen and oxygen atoms in total. The number of para-hydroxylation sites is 1. The van der Waals surface area contributed by atoms with Crippen LogP contribution in [-0.4, -0.2) is 18.3 Å². The van der Waals surface area contributed by atoms with Gasteiger partial charge in [0.2, 0.25) is 5.91 Å². The second-order valence-corrected chi connectivity index (χ2v) is 9.57. The Morgan fingerprint density at radius 2 is 1.50 bits per heavy atom. The molecule has 0 saturated heterocycles. The molecule has 30 heavy (non-hydrogen) atoms. The van der Waals surface area contributed by atoms with Crippen LogP contribution in [0.4, 0.5) is 0 Å². The van der Waals surface area contributed by atoms with E-state index in [0.29, 0.717) is 11.2 Å². The summed E-state index contributed by atoms with van der Waals surface area (Å²) >= 11 is 1.49. The minimum atomic E-state index is -3.86. The van der Waals surface area contributed by atoms with Crippen molar-refractivity contribution in [3.05, 3.63) is 90.6 Å². The molecule has 0 fully saturated rings. The molecule has 1 aromatic heterocycles. The maximum absolute atomic E-state index is 13.6. The molecule has 4 aromatic rings. The number of carbonyl (C=O) groups excluding carboxylic acids is 1. The highest BCUT2D eigenvalue weighted by Gasteiger charge is 2.27. The van der Waals surface area contributed by atoms with E-state index in [1.165, 1.54) is 22.7 Å². The van der Waals surface area contributed by atoms with E-state index < -0.39 is 10.0 Å². The predicted octanol–water partition coefficient (Wildman–Crippen LogP) is 4.67. The highest BCUT2D eigenvalue weighted by Crippen LogP contribution is 2.40. The Bertz CT molecular complexity index is 1300. The summed E-state index contributed by atoms with van der Waals surface area (Å²) < 4.78 is 28.6. The third-order valence-electron chi connectivity index (χ3n) is 4.62. The fourth-order valence-corrected chi connectivity index (χ4v) is 6.02. The van der Waals surface area contributed by atoms with Gasteiger partial charge in [-0.15, -0.1) is 0 Å². The van der Waals surface area contributed by atoms with Crippen LogP contribution < -0.4 is 5.32 Å². The number of carbonyl (C=O) groups is 1. The van der Waals surface area contributed by atoms with Crippen molar-refractivity contribution in [2.45, 2.75) is 28.2 Å². The summed E-state index contributed by atoms with van der Waals surface area (Å²) in [6.45, 7) is 1.52. The molecule has 0 bridgehead atoms. The molecule has 1 amide bonds. The standard InChI is InChI=1S/C23H20N2O3S2/c1-17(26)24-16-22-23(29-18-10-4-2-5-11-18)20-14-8-9-15-21(20)25(22)30(27,28)19-12-6-3-7-13-19/h2-15H,16H2,1H3,(H,24,26). The second-order valence-electron chi connectivity index (χ2n) is 6.70. The molecule has 0 aliphatic rings. The summed E-state index contributed by atoms with van der Waals surface area (Å²) in [4.78, 5) is 13.7. The number of fused-ring (bicyclic) bond motifs is 1. The number of nitrogens with one attached hydrogen (secondary N) is 1. The Kier molecular flexibility index (Phi) is 5.65. The minimum absolute atomic E-state index is 0.102. The predicted molar refractivity (Wildman–Crippen MR) is 119 cm³/mol. The van der Waals surface area contributed by atoms with E-state index in [0.717, 1.165) is 15.2 Å². The van der Waals surface area contributed by atoms with Crippen LogP contribution in [0.2, 0.25) is 0 Å². The van der Waals surface area contributed by atoms with Crippen molar-refractivity contribution >= 4 is 38.6 Å². The van der Waals surface area contributed by atoms with Crippen LogP contribution in [0.25, 0.3) is 10.9 Å². The largest absolute Gasteiger partial charge is 0.351 e. The number of hydrogen-bond donors (Lipinski definition) is 1. The summed E-state index contributed by atoms with van der Waals surface area (Å²) in [5.74, 6) is -0.223. The minimum Gasteiger partial charge on any atom is -0.351 e. The van der Waals surface area contributed by atoms with Crippen LogP contribution in [0.3, 0.4) is 0 Å². The molecular formula is C23H20N2O3S2. The van der Waals surface area contributed by atoms with Crippen LogP contribution in [0.15, 0.2) is 99.6 Å². The van der Waals surface area contributed by atoms with Gasteiger partial charge in [-0.05, 0) is 30.3 Å². The summed E-state index contributed by atoms with van der Waals surface area (Å²) in [7, 11) is -3.86. The molecule has 0 saturated carbocycles. The fraction of sp³-hybridized carbons (Fsp3) is 0.0870. The van der Waals surface area contributed by atoms with E-state index >= 15 is 0 Å². The Morgan fingerprint density at radius 3 is 2.17 bits per heavy atom. The Morgan fingerprint density at radius 1 is 0.900 bits per heavy atom. The van der Waals surface area contributed by atoms with Gasteiger partial charge in [-0.2, -0.15) is 0 Å². The van der Waals surface area contributed by atoms with Gasteiger partial charge in [0.25, 0.3) is 10.0 Å². The fourth-order valence-electron chi connectivity index (χ4n) is 3.29. The van der Waals surface area contributed by atoms with Crippen molar-refractivity contribution in [3.63, 3.8) is 0 Å². The molecule has 0 spiro atoms. The number of nitrogens with zero attached hydrogens (tertiary/aromatic N) is 1. The summed E-state index contributed by atoms with van der Waals surface area (Å²) in [5.41, 5.74) is 1.12. The number of aromatic nitrogens is 1. The molecule has 0 aliphatic carbocycles. The molecule has 0 aliphatic heterocycles. The number of hydrogen-bond acceptors (Lipinski definition) is 4. The van der Waals surface area contributed by atoms with Gasteiger partial charge in [-0.25, -0.2) is 12.4 Å². The third-order valence-corrected chi connectivity index (χ3v) is 7.56. The average Bonchev–Trinajstić information content (AvgIpc) is 3.07. The van der Waals surface area contributed by atoms with Crippen molar-refractivity contribution in [3.8, 4) is 0 Å². The lowest BCUT2D eigenvalue weighted by molar-refractivity contribution is -0.119. The van der Waals surface area contributed by atoms with Crippen molar-refractivity contribution in [1.29, 1.82) is 0 Å². The van der Waals surface area contributed by atoms with Gasteiger partial charge in [-0.1, -0.05) is 66.4 Å². The first kappa shape index (κ1) is 20.3. The molecule has 7 heteroatoms. The van der Waals surface area contributed by atoms with Crippen LogP contribution in [0, 0.1) is 0 Å². The van der Waals surface area contributed by atoms with Gasteiger partial charge in [0, 0.05) is 22.1 Å². The molecule has 0 unspecified atom stereocenters. The van der Waals surface area contributed by atoms with Gasteiger partial charge >= 0.3 is 0 Å². The van der Waals surface area contributed by atoms with Gasteiger partial charge in [0.15, 0.2) is 0 Å². The summed E-state index contributed by atoms with van der Waals surface area (Å²) in [6.07, 6.45) is 0. The first-order valence-corrected chi connectivity index (χ1v) is 11.6. The normalized spacial score (nSPS) is 11.5. The number of benzene rings is 3.